The summed E-state index contributed by atoms with van der Waals surface area (Å²) < 4.78 is 23.1. The molecule has 3 rings (SSSR count). The molecular formula is C24H20FNO5. The van der Waals surface area contributed by atoms with Gasteiger partial charge in [-0.1, -0.05) is 12.1 Å². The Morgan fingerprint density at radius 1 is 0.806 bits per heavy atom. The summed E-state index contributed by atoms with van der Waals surface area (Å²) in [5, 5.41) is 2.72. The second-order valence-electron chi connectivity index (χ2n) is 6.61. The van der Waals surface area contributed by atoms with E-state index >= 15 is 0 Å². The molecule has 0 aliphatic carbocycles. The van der Waals surface area contributed by atoms with Crippen molar-refractivity contribution in [1.82, 2.24) is 5.32 Å². The Labute approximate surface area is 178 Å². The number of ether oxygens (including phenoxy) is 2. The maximum absolute atomic E-state index is 13.0. The van der Waals surface area contributed by atoms with Gasteiger partial charge in [0.25, 0.3) is 5.91 Å². The Balaban J connectivity index is 1.47. The van der Waals surface area contributed by atoms with E-state index in [-0.39, 0.29) is 24.8 Å². The molecule has 3 aromatic rings. The monoisotopic (exact) mass is 421 g/mol. The fourth-order valence-electron chi connectivity index (χ4n) is 2.75. The number of methoxy groups -OCH3 is 1. The molecule has 3 aromatic carbocycles. The summed E-state index contributed by atoms with van der Waals surface area (Å²) in [5.74, 6) is -0.939. The van der Waals surface area contributed by atoms with Crippen LogP contribution in [0.1, 0.15) is 31.8 Å². The summed E-state index contributed by atoms with van der Waals surface area (Å²) in [6.45, 7) is 0.0975. The van der Waals surface area contributed by atoms with Gasteiger partial charge in [-0.25, -0.2) is 9.18 Å². The SMILES string of the molecule is COC(=O)c1ccc(CNC(=O)COc2ccc(C(=O)c3ccc(F)cc3)cc2)cc1. The van der Waals surface area contributed by atoms with E-state index in [1.165, 1.54) is 31.4 Å². The van der Waals surface area contributed by atoms with Gasteiger partial charge in [0.1, 0.15) is 11.6 Å². The minimum absolute atomic E-state index is 0.189. The first-order chi connectivity index (χ1) is 15.0. The van der Waals surface area contributed by atoms with Crippen molar-refractivity contribution in [1.29, 1.82) is 0 Å². The second kappa shape index (κ2) is 10.2. The number of carbonyl (C=O) groups excluding carboxylic acids is 3. The number of nitrogens with one attached hydrogen (secondary N) is 1. The number of amides is 1. The molecule has 0 aliphatic heterocycles. The molecule has 0 bridgehead atoms. The molecule has 1 amide bonds. The molecule has 0 fully saturated rings. The molecule has 0 atom stereocenters. The van der Waals surface area contributed by atoms with Crippen LogP contribution in [-0.2, 0) is 16.1 Å². The Bertz CT molecular complexity index is 1060. The van der Waals surface area contributed by atoms with Crippen LogP contribution in [0.2, 0.25) is 0 Å². The van der Waals surface area contributed by atoms with Crippen molar-refractivity contribution in [3.8, 4) is 5.75 Å². The largest absolute Gasteiger partial charge is 0.484 e. The number of ketones is 1. The van der Waals surface area contributed by atoms with Gasteiger partial charge in [-0.15, -0.1) is 0 Å². The Hall–Kier alpha value is -4.00. The predicted octanol–water partition coefficient (Wildman–Crippen LogP) is 3.54. The standard InChI is InChI=1S/C24H20FNO5/c1-30-24(29)19-4-2-16(3-5-19)14-26-22(27)15-31-21-12-8-18(9-13-21)23(28)17-6-10-20(25)11-7-17/h2-13H,14-15H2,1H3,(H,26,27). The minimum Gasteiger partial charge on any atom is -0.484 e. The van der Waals surface area contributed by atoms with E-state index in [0.29, 0.717) is 22.4 Å². The summed E-state index contributed by atoms with van der Waals surface area (Å²) in [7, 11) is 1.31. The van der Waals surface area contributed by atoms with Gasteiger partial charge in [-0.2, -0.15) is 0 Å². The highest BCUT2D eigenvalue weighted by molar-refractivity contribution is 6.09. The second-order valence-corrected chi connectivity index (χ2v) is 6.61. The normalized spacial score (nSPS) is 10.3. The van der Waals surface area contributed by atoms with E-state index in [1.807, 2.05) is 0 Å². The van der Waals surface area contributed by atoms with Crippen LogP contribution < -0.4 is 10.1 Å². The summed E-state index contributed by atoms with van der Waals surface area (Å²) in [6, 6.07) is 18.4. The van der Waals surface area contributed by atoms with Crippen LogP contribution in [0.3, 0.4) is 0 Å². The van der Waals surface area contributed by atoms with Gasteiger partial charge in [0.2, 0.25) is 0 Å². The van der Waals surface area contributed by atoms with Gasteiger partial charge in [0.05, 0.1) is 12.7 Å². The van der Waals surface area contributed by atoms with Gasteiger partial charge in [0.15, 0.2) is 12.4 Å². The van der Waals surface area contributed by atoms with Crippen LogP contribution in [0.4, 0.5) is 4.39 Å². The smallest absolute Gasteiger partial charge is 0.337 e. The zero-order valence-corrected chi connectivity index (χ0v) is 16.8. The predicted molar refractivity (Wildman–Crippen MR) is 111 cm³/mol. The lowest BCUT2D eigenvalue weighted by atomic mass is 10.0. The Morgan fingerprint density at radius 3 is 1.94 bits per heavy atom. The lowest BCUT2D eigenvalue weighted by Gasteiger charge is -2.09. The Morgan fingerprint density at radius 2 is 1.35 bits per heavy atom. The van der Waals surface area contributed by atoms with Crippen molar-refractivity contribution in [2.24, 2.45) is 0 Å². The summed E-state index contributed by atoms with van der Waals surface area (Å²) in [5.41, 5.74) is 2.07. The number of rotatable bonds is 8. The minimum atomic E-state index is -0.422. The summed E-state index contributed by atoms with van der Waals surface area (Å²) in [6.07, 6.45) is 0. The molecule has 158 valence electrons. The molecule has 0 saturated heterocycles. The molecule has 7 heteroatoms. The van der Waals surface area contributed by atoms with Crippen LogP contribution in [-0.4, -0.2) is 31.4 Å². The number of esters is 1. The lowest BCUT2D eigenvalue weighted by molar-refractivity contribution is -0.123. The molecular weight excluding hydrogens is 401 g/mol. The average molecular weight is 421 g/mol. The van der Waals surface area contributed by atoms with Crippen LogP contribution >= 0.6 is 0 Å². The zero-order chi connectivity index (χ0) is 22.2. The molecule has 0 radical (unpaired) electrons. The van der Waals surface area contributed by atoms with E-state index in [0.717, 1.165) is 5.56 Å². The summed E-state index contributed by atoms with van der Waals surface area (Å²) >= 11 is 0. The highest BCUT2D eigenvalue weighted by Gasteiger charge is 2.10. The van der Waals surface area contributed by atoms with E-state index in [9.17, 15) is 18.8 Å². The van der Waals surface area contributed by atoms with Crippen LogP contribution in [0.25, 0.3) is 0 Å². The molecule has 1 N–H and O–H groups in total. The fourth-order valence-corrected chi connectivity index (χ4v) is 2.75. The maximum Gasteiger partial charge on any atom is 0.337 e. The van der Waals surface area contributed by atoms with Gasteiger partial charge in [-0.05, 0) is 66.2 Å². The molecule has 0 aliphatic rings. The lowest BCUT2D eigenvalue weighted by Crippen LogP contribution is -2.28. The van der Waals surface area contributed by atoms with Gasteiger partial charge < -0.3 is 14.8 Å². The van der Waals surface area contributed by atoms with Crippen molar-refractivity contribution < 1.29 is 28.2 Å². The highest BCUT2D eigenvalue weighted by atomic mass is 19.1. The van der Waals surface area contributed by atoms with Crippen molar-refractivity contribution in [3.05, 3.63) is 101 Å². The topological polar surface area (TPSA) is 81.7 Å². The molecule has 31 heavy (non-hydrogen) atoms. The van der Waals surface area contributed by atoms with Crippen molar-refractivity contribution in [2.45, 2.75) is 6.54 Å². The molecule has 6 nitrogen and oxygen atoms in total. The number of halogens is 1. The van der Waals surface area contributed by atoms with Gasteiger partial charge >= 0.3 is 5.97 Å². The van der Waals surface area contributed by atoms with E-state index < -0.39 is 11.8 Å². The number of benzene rings is 3. The van der Waals surface area contributed by atoms with Gasteiger partial charge in [-0.3, -0.25) is 9.59 Å². The van der Waals surface area contributed by atoms with Crippen molar-refractivity contribution in [3.63, 3.8) is 0 Å². The average Bonchev–Trinajstić information content (AvgIpc) is 2.81. The third-order valence-corrected chi connectivity index (χ3v) is 4.46. The maximum atomic E-state index is 13.0. The number of hydrogen-bond donors (Lipinski definition) is 1. The third-order valence-electron chi connectivity index (χ3n) is 4.46. The van der Waals surface area contributed by atoms with Crippen LogP contribution in [0.15, 0.2) is 72.8 Å². The van der Waals surface area contributed by atoms with Gasteiger partial charge in [0, 0.05) is 17.7 Å². The van der Waals surface area contributed by atoms with E-state index in [2.05, 4.69) is 10.1 Å². The zero-order valence-electron chi connectivity index (χ0n) is 16.8. The molecule has 0 saturated carbocycles. The van der Waals surface area contributed by atoms with Crippen LogP contribution in [0, 0.1) is 5.82 Å². The van der Waals surface area contributed by atoms with E-state index in [1.54, 1.807) is 48.5 Å². The highest BCUT2D eigenvalue weighted by Crippen LogP contribution is 2.16. The molecule has 0 heterocycles. The molecule has 0 unspecified atom stereocenters. The first-order valence-corrected chi connectivity index (χ1v) is 9.43. The first-order valence-electron chi connectivity index (χ1n) is 9.43. The quantitative estimate of drug-likeness (QED) is 0.445. The fraction of sp³-hybridized carbons (Fsp3) is 0.125. The van der Waals surface area contributed by atoms with Crippen molar-refractivity contribution in [2.75, 3.05) is 13.7 Å². The Kier molecular flexibility index (Phi) is 7.11. The molecule has 0 spiro atoms. The first kappa shape index (κ1) is 21.7. The number of carbonyl (C=O) groups is 3. The van der Waals surface area contributed by atoms with Crippen molar-refractivity contribution >= 4 is 17.7 Å². The summed E-state index contributed by atoms with van der Waals surface area (Å²) in [4.78, 5) is 35.8. The molecule has 0 aromatic heterocycles. The number of hydrogen-bond acceptors (Lipinski definition) is 5. The van der Waals surface area contributed by atoms with Crippen LogP contribution in [0.5, 0.6) is 5.75 Å². The van der Waals surface area contributed by atoms with E-state index in [4.69, 9.17) is 4.74 Å². The third kappa shape index (κ3) is 5.99.